The number of unbranched alkanes of at least 4 members (excludes halogenated alkanes) is 1. The van der Waals surface area contributed by atoms with Gasteiger partial charge in [0.2, 0.25) is 8.32 Å². The van der Waals surface area contributed by atoms with Crippen LogP contribution in [0.4, 0.5) is 26.3 Å². The Morgan fingerprint density at radius 3 is 1.50 bits per heavy atom. The summed E-state index contributed by atoms with van der Waals surface area (Å²) in [7, 11) is -7.65. The van der Waals surface area contributed by atoms with Crippen molar-refractivity contribution in [3.8, 4) is 0 Å². The van der Waals surface area contributed by atoms with E-state index in [1.54, 1.807) is 0 Å². The highest BCUT2D eigenvalue weighted by atomic mass is 28.4. The Bertz CT molecular complexity index is 628. The Kier molecular flexibility index (Phi) is 14.6. The zero-order valence-electron chi connectivity index (χ0n) is 24.1. The van der Waals surface area contributed by atoms with Crippen LogP contribution in [0.1, 0.15) is 92.4 Å². The molecule has 0 heterocycles. The largest absolute Gasteiger partial charge is 0.412 e. The summed E-state index contributed by atoms with van der Waals surface area (Å²) >= 11 is 0. The van der Waals surface area contributed by atoms with Gasteiger partial charge in [0.05, 0.1) is 14.0 Å². The minimum Gasteiger partial charge on any atom is -0.412 e. The summed E-state index contributed by atoms with van der Waals surface area (Å²) in [5.41, 5.74) is 0. The third kappa shape index (κ3) is 10.7. The van der Waals surface area contributed by atoms with Gasteiger partial charge < -0.3 is 8.85 Å². The molecule has 0 spiro atoms. The van der Waals surface area contributed by atoms with E-state index < -0.39 is 61.1 Å². The Morgan fingerprint density at radius 2 is 1.14 bits per heavy atom. The van der Waals surface area contributed by atoms with Crippen molar-refractivity contribution < 1.29 is 35.2 Å². The van der Waals surface area contributed by atoms with Crippen LogP contribution in [0.2, 0.25) is 44.3 Å². The van der Waals surface area contributed by atoms with E-state index in [9.17, 15) is 26.3 Å². The zero-order valence-corrected chi connectivity index (χ0v) is 27.3. The quantitative estimate of drug-likeness (QED) is 0.118. The van der Waals surface area contributed by atoms with E-state index in [0.29, 0.717) is 38.1 Å². The lowest BCUT2D eigenvalue weighted by Crippen LogP contribution is -2.68. The molecular weight excluding hydrogens is 531 g/mol. The summed E-state index contributed by atoms with van der Waals surface area (Å²) in [5.74, 6) is 0. The van der Waals surface area contributed by atoms with Crippen LogP contribution in [0, 0.1) is 0 Å². The van der Waals surface area contributed by atoms with Crippen molar-refractivity contribution in [2.24, 2.45) is 0 Å². The van der Waals surface area contributed by atoms with Gasteiger partial charge in [-0.3, -0.25) is 0 Å². The molecule has 218 valence electrons. The van der Waals surface area contributed by atoms with Crippen molar-refractivity contribution >= 4 is 25.4 Å². The van der Waals surface area contributed by atoms with E-state index in [4.69, 9.17) is 8.85 Å². The first kappa shape index (κ1) is 36.2. The van der Waals surface area contributed by atoms with E-state index in [-0.39, 0.29) is 12.1 Å². The molecule has 0 saturated heterocycles. The first-order valence-corrected chi connectivity index (χ1v) is 22.2. The summed E-state index contributed by atoms with van der Waals surface area (Å²) in [6, 6.07) is 0.364. The molecule has 0 aromatic carbocycles. The molecule has 0 aromatic heterocycles. The zero-order chi connectivity index (χ0) is 28.5. The highest BCUT2D eigenvalue weighted by molar-refractivity contribution is 6.79. The maximum atomic E-state index is 13.6. The topological polar surface area (TPSA) is 18.5 Å². The molecule has 0 N–H and O–H groups in total. The van der Waals surface area contributed by atoms with Gasteiger partial charge in [0.1, 0.15) is 0 Å². The molecule has 0 radical (unpaired) electrons. The summed E-state index contributed by atoms with van der Waals surface area (Å²) in [6.07, 6.45) is -5.85. The molecule has 0 rings (SSSR count). The lowest BCUT2D eigenvalue weighted by Gasteiger charge is -2.55. The summed E-state index contributed by atoms with van der Waals surface area (Å²) < 4.78 is 94.7. The minimum absolute atomic E-state index is 0.0721. The Labute approximate surface area is 220 Å². The summed E-state index contributed by atoms with van der Waals surface area (Å²) in [5, 5.41) is -1.41. The predicted molar refractivity (Wildman–Crippen MR) is 146 cm³/mol. The van der Waals surface area contributed by atoms with Gasteiger partial charge >= 0.3 is 12.4 Å². The Balaban J connectivity index is 6.82. The fourth-order valence-electron chi connectivity index (χ4n) is 5.64. The number of hydrogen-bond donors (Lipinski definition) is 0. The standard InChI is InChI=1S/C25H52F6O2Si3/c1-10-15-19-35(8,20-17-24(26,27)28)33-23(14-5,16-11-2)36(9,21-18-25(29,30)31)32-22(12-3,13-4)34(6)7/h34H,10-21H2,1-9H3. The number of hydrogen-bond acceptors (Lipinski definition) is 2. The molecule has 0 aliphatic rings. The molecule has 0 amide bonds. The van der Waals surface area contributed by atoms with Crippen molar-refractivity contribution in [2.45, 2.75) is 160 Å². The third-order valence-corrected chi connectivity index (χ3v) is 20.0. The van der Waals surface area contributed by atoms with Crippen LogP contribution in [-0.4, -0.2) is 48.2 Å². The molecular formula is C25H52F6O2Si3. The number of alkyl halides is 6. The van der Waals surface area contributed by atoms with Crippen LogP contribution in [0.25, 0.3) is 0 Å². The van der Waals surface area contributed by atoms with Crippen LogP contribution < -0.4 is 0 Å². The Morgan fingerprint density at radius 1 is 0.639 bits per heavy atom. The van der Waals surface area contributed by atoms with Crippen LogP contribution >= 0.6 is 0 Å². The van der Waals surface area contributed by atoms with Gasteiger partial charge in [0, 0.05) is 18.1 Å². The van der Waals surface area contributed by atoms with Gasteiger partial charge in [0.25, 0.3) is 0 Å². The van der Waals surface area contributed by atoms with Gasteiger partial charge in [-0.15, -0.1) is 0 Å². The third-order valence-electron chi connectivity index (χ3n) is 8.19. The maximum absolute atomic E-state index is 13.6. The molecule has 0 aliphatic heterocycles. The van der Waals surface area contributed by atoms with Crippen molar-refractivity contribution in [1.29, 1.82) is 0 Å². The second-order valence-electron chi connectivity index (χ2n) is 11.2. The lowest BCUT2D eigenvalue weighted by atomic mass is 10.1. The molecule has 2 nitrogen and oxygen atoms in total. The van der Waals surface area contributed by atoms with E-state index >= 15 is 0 Å². The average molecular weight is 583 g/mol. The van der Waals surface area contributed by atoms with Crippen molar-refractivity contribution in [3.05, 3.63) is 0 Å². The van der Waals surface area contributed by atoms with Crippen molar-refractivity contribution in [3.63, 3.8) is 0 Å². The highest BCUT2D eigenvalue weighted by Crippen LogP contribution is 2.46. The lowest BCUT2D eigenvalue weighted by molar-refractivity contribution is -0.133. The van der Waals surface area contributed by atoms with E-state index in [1.165, 1.54) is 0 Å². The van der Waals surface area contributed by atoms with E-state index in [1.807, 2.05) is 47.7 Å². The van der Waals surface area contributed by atoms with Gasteiger partial charge in [-0.25, -0.2) is 0 Å². The number of rotatable bonds is 18. The van der Waals surface area contributed by atoms with Crippen LogP contribution in [0.3, 0.4) is 0 Å². The summed E-state index contributed by atoms with van der Waals surface area (Å²) in [4.78, 5) is 0. The first-order chi connectivity index (χ1) is 16.3. The van der Waals surface area contributed by atoms with Gasteiger partial charge in [-0.1, -0.05) is 67.0 Å². The van der Waals surface area contributed by atoms with Crippen LogP contribution in [-0.2, 0) is 8.85 Å². The van der Waals surface area contributed by atoms with Crippen molar-refractivity contribution in [1.82, 2.24) is 0 Å². The fourth-order valence-corrected chi connectivity index (χ4v) is 18.4. The SMILES string of the molecule is CCCC[Si](C)(CCC(F)(F)F)OC(CC)(CCC)[Si](C)(CCC(F)(F)F)OC(CC)(CC)[SiH](C)C. The molecule has 11 heteroatoms. The number of halogens is 6. The second kappa shape index (κ2) is 14.5. The Hall–Kier alpha value is 0.151. The smallest absolute Gasteiger partial charge is 0.388 e. The molecule has 0 bridgehead atoms. The minimum atomic E-state index is -4.33. The maximum Gasteiger partial charge on any atom is 0.388 e. The molecule has 3 unspecified atom stereocenters. The molecule has 0 saturated carbocycles. The molecule has 3 atom stereocenters. The van der Waals surface area contributed by atoms with Gasteiger partial charge in [-0.2, -0.15) is 26.3 Å². The average Bonchev–Trinajstić information content (AvgIpc) is 2.77. The molecule has 0 fully saturated rings. The van der Waals surface area contributed by atoms with E-state index in [2.05, 4.69) is 13.1 Å². The monoisotopic (exact) mass is 582 g/mol. The fraction of sp³-hybridized carbons (Fsp3) is 1.00. The highest BCUT2D eigenvalue weighted by Gasteiger charge is 2.58. The molecule has 0 aliphatic carbocycles. The molecule has 36 heavy (non-hydrogen) atoms. The normalized spacial score (nSPS) is 18.7. The first-order valence-electron chi connectivity index (χ1n) is 13.9. The second-order valence-corrected chi connectivity index (χ2v) is 22.8. The van der Waals surface area contributed by atoms with Crippen molar-refractivity contribution in [2.75, 3.05) is 0 Å². The van der Waals surface area contributed by atoms with Gasteiger partial charge in [-0.05, 0) is 56.9 Å². The predicted octanol–water partition coefficient (Wildman–Crippen LogP) is 9.95. The van der Waals surface area contributed by atoms with Gasteiger partial charge in [0.15, 0.2) is 8.32 Å². The van der Waals surface area contributed by atoms with Crippen LogP contribution in [0.15, 0.2) is 0 Å². The molecule has 0 aromatic rings. The van der Waals surface area contributed by atoms with E-state index in [0.717, 1.165) is 12.8 Å². The van der Waals surface area contributed by atoms with Crippen LogP contribution in [0.5, 0.6) is 0 Å². The summed E-state index contributed by atoms with van der Waals surface area (Å²) in [6.45, 7) is 18.0.